The van der Waals surface area contributed by atoms with E-state index < -0.39 is 0 Å². The van der Waals surface area contributed by atoms with Crippen LogP contribution in [0.15, 0.2) is 60.8 Å². The number of carbonyl (C=O) groups excluding carboxylic acids is 1. The lowest BCUT2D eigenvalue weighted by molar-refractivity contribution is -0.0135. The molecular formula is C22H23ClN4O2. The Hall–Kier alpha value is -2.83. The molecule has 1 aliphatic rings. The second-order valence-corrected chi connectivity index (χ2v) is 7.57. The molecule has 0 spiro atoms. The van der Waals surface area contributed by atoms with Crippen LogP contribution >= 0.6 is 11.6 Å². The van der Waals surface area contributed by atoms with Crippen molar-refractivity contribution in [2.45, 2.75) is 19.6 Å². The van der Waals surface area contributed by atoms with Crippen molar-refractivity contribution in [2.24, 2.45) is 0 Å². The summed E-state index contributed by atoms with van der Waals surface area (Å²) in [6.07, 6.45) is 1.78. The second kappa shape index (κ2) is 8.68. The number of carbonyl (C=O) groups is 1. The van der Waals surface area contributed by atoms with E-state index in [4.69, 9.17) is 16.3 Å². The third-order valence-electron chi connectivity index (χ3n) is 4.95. The van der Waals surface area contributed by atoms with Crippen molar-refractivity contribution in [3.8, 4) is 0 Å². The Kier molecular flexibility index (Phi) is 5.83. The van der Waals surface area contributed by atoms with E-state index in [1.54, 1.807) is 4.90 Å². The summed E-state index contributed by atoms with van der Waals surface area (Å²) in [5, 5.41) is 8.17. The number of hydrogen-bond acceptors (Lipinski definition) is 3. The highest BCUT2D eigenvalue weighted by Gasteiger charge is 2.26. The van der Waals surface area contributed by atoms with Crippen LogP contribution in [0.5, 0.6) is 0 Å². The molecule has 0 radical (unpaired) electrons. The SMILES string of the molecule is Cc1cn(Cc2ccccc2)nc1NC(=O)N1CCOC(c2ccc(Cl)cc2)C1. The molecule has 3 aromatic rings. The number of rotatable bonds is 4. The normalized spacial score (nSPS) is 16.6. The molecule has 0 aliphatic carbocycles. The standard InChI is InChI=1S/C22H23ClN4O2/c1-16-13-27(14-17-5-3-2-4-6-17)25-21(16)24-22(28)26-11-12-29-20(15-26)18-7-9-19(23)10-8-18/h2-10,13,20H,11-12,14-15H2,1H3,(H,24,25,28). The van der Waals surface area contributed by atoms with Crippen molar-refractivity contribution in [1.29, 1.82) is 0 Å². The average molecular weight is 411 g/mol. The summed E-state index contributed by atoms with van der Waals surface area (Å²) in [5.41, 5.74) is 3.10. The highest BCUT2D eigenvalue weighted by Crippen LogP contribution is 2.24. The van der Waals surface area contributed by atoms with Gasteiger partial charge in [-0.2, -0.15) is 5.10 Å². The van der Waals surface area contributed by atoms with Crippen molar-refractivity contribution in [3.63, 3.8) is 0 Å². The molecule has 0 saturated carbocycles. The summed E-state index contributed by atoms with van der Waals surface area (Å²) in [6, 6.07) is 17.5. The fourth-order valence-corrected chi connectivity index (χ4v) is 3.52. The maximum absolute atomic E-state index is 12.8. The molecule has 2 aromatic carbocycles. The van der Waals surface area contributed by atoms with Crippen molar-refractivity contribution in [2.75, 3.05) is 25.0 Å². The zero-order valence-corrected chi connectivity index (χ0v) is 17.0. The van der Waals surface area contributed by atoms with Crippen molar-refractivity contribution in [3.05, 3.63) is 82.5 Å². The number of aryl methyl sites for hydroxylation is 1. The number of aromatic nitrogens is 2. The van der Waals surface area contributed by atoms with E-state index in [9.17, 15) is 4.79 Å². The van der Waals surface area contributed by atoms with E-state index in [1.165, 1.54) is 0 Å². The van der Waals surface area contributed by atoms with Crippen LogP contribution in [0, 0.1) is 6.92 Å². The first-order valence-corrected chi connectivity index (χ1v) is 9.97. The maximum atomic E-state index is 12.8. The number of hydrogen-bond donors (Lipinski definition) is 1. The topological polar surface area (TPSA) is 59.4 Å². The minimum atomic E-state index is -0.166. The van der Waals surface area contributed by atoms with Crippen LogP contribution in [0.4, 0.5) is 10.6 Å². The number of morpholine rings is 1. The van der Waals surface area contributed by atoms with E-state index in [0.29, 0.717) is 37.1 Å². The quantitative estimate of drug-likeness (QED) is 0.689. The number of urea groups is 1. The molecule has 1 aliphatic heterocycles. The molecule has 2 heterocycles. The van der Waals surface area contributed by atoms with Crippen LogP contribution in [0.2, 0.25) is 5.02 Å². The van der Waals surface area contributed by atoms with Crippen molar-refractivity contribution < 1.29 is 9.53 Å². The predicted octanol–water partition coefficient (Wildman–Crippen LogP) is 4.50. The van der Waals surface area contributed by atoms with Gasteiger partial charge in [0.1, 0.15) is 6.10 Å². The summed E-state index contributed by atoms with van der Waals surface area (Å²) >= 11 is 5.96. The third-order valence-corrected chi connectivity index (χ3v) is 5.20. The molecule has 1 atom stereocenters. The third kappa shape index (κ3) is 4.78. The average Bonchev–Trinajstić information content (AvgIpc) is 3.08. The van der Waals surface area contributed by atoms with Gasteiger partial charge in [-0.05, 0) is 30.2 Å². The fraction of sp³-hybridized carbons (Fsp3) is 0.273. The Morgan fingerprint density at radius 2 is 1.97 bits per heavy atom. The molecule has 6 nitrogen and oxygen atoms in total. The number of halogens is 1. The van der Waals surface area contributed by atoms with Gasteiger partial charge in [-0.1, -0.05) is 54.1 Å². The van der Waals surface area contributed by atoms with Gasteiger partial charge in [-0.25, -0.2) is 4.79 Å². The van der Waals surface area contributed by atoms with Crippen LogP contribution in [0.25, 0.3) is 0 Å². The Morgan fingerprint density at radius 3 is 2.72 bits per heavy atom. The summed E-state index contributed by atoms with van der Waals surface area (Å²) in [7, 11) is 0. The number of anilines is 1. The predicted molar refractivity (Wildman–Crippen MR) is 113 cm³/mol. The highest BCUT2D eigenvalue weighted by molar-refractivity contribution is 6.30. The van der Waals surface area contributed by atoms with Crippen LogP contribution in [0.3, 0.4) is 0 Å². The molecule has 29 heavy (non-hydrogen) atoms. The van der Waals surface area contributed by atoms with E-state index in [2.05, 4.69) is 22.5 Å². The summed E-state index contributed by atoms with van der Waals surface area (Å²) < 4.78 is 7.69. The molecule has 0 bridgehead atoms. The van der Waals surface area contributed by atoms with Gasteiger partial charge in [0, 0.05) is 23.3 Å². The zero-order chi connectivity index (χ0) is 20.2. The number of amides is 2. The largest absolute Gasteiger partial charge is 0.370 e. The monoisotopic (exact) mass is 410 g/mol. The molecule has 2 amide bonds. The maximum Gasteiger partial charge on any atom is 0.323 e. The van der Waals surface area contributed by atoms with E-state index in [-0.39, 0.29) is 12.1 Å². The molecule has 150 valence electrons. The first-order chi connectivity index (χ1) is 14.1. The highest BCUT2D eigenvalue weighted by atomic mass is 35.5. The van der Waals surface area contributed by atoms with Crippen molar-refractivity contribution >= 4 is 23.4 Å². The number of nitrogens with one attached hydrogen (secondary N) is 1. The Labute approximate surface area is 175 Å². The lowest BCUT2D eigenvalue weighted by atomic mass is 10.1. The van der Waals surface area contributed by atoms with Crippen LogP contribution in [-0.4, -0.2) is 40.4 Å². The van der Waals surface area contributed by atoms with Gasteiger partial charge >= 0.3 is 6.03 Å². The van der Waals surface area contributed by atoms with Gasteiger partial charge in [-0.3, -0.25) is 10.00 Å². The van der Waals surface area contributed by atoms with Gasteiger partial charge < -0.3 is 9.64 Å². The van der Waals surface area contributed by atoms with Crippen LogP contribution < -0.4 is 5.32 Å². The number of nitrogens with zero attached hydrogens (tertiary/aromatic N) is 3. The molecule has 1 fully saturated rings. The molecular weight excluding hydrogens is 388 g/mol. The summed E-state index contributed by atoms with van der Waals surface area (Å²) in [4.78, 5) is 14.6. The lowest BCUT2D eigenvalue weighted by Gasteiger charge is -2.33. The molecule has 7 heteroatoms. The first kappa shape index (κ1) is 19.5. The molecule has 4 rings (SSSR count). The molecule has 1 aromatic heterocycles. The molecule has 1 unspecified atom stereocenters. The van der Waals surface area contributed by atoms with Gasteiger partial charge in [0.05, 0.1) is 19.7 Å². The Morgan fingerprint density at radius 1 is 1.21 bits per heavy atom. The van der Waals surface area contributed by atoms with Gasteiger partial charge in [-0.15, -0.1) is 0 Å². The number of ether oxygens (including phenoxy) is 1. The zero-order valence-electron chi connectivity index (χ0n) is 16.2. The Balaban J connectivity index is 1.40. The lowest BCUT2D eigenvalue weighted by Crippen LogP contribution is -2.44. The van der Waals surface area contributed by atoms with E-state index in [0.717, 1.165) is 16.7 Å². The second-order valence-electron chi connectivity index (χ2n) is 7.13. The summed E-state index contributed by atoms with van der Waals surface area (Å²) in [5.74, 6) is 0.584. The fourth-order valence-electron chi connectivity index (χ4n) is 3.39. The van der Waals surface area contributed by atoms with E-state index >= 15 is 0 Å². The Bertz CT molecular complexity index is 972. The minimum Gasteiger partial charge on any atom is -0.370 e. The van der Waals surface area contributed by atoms with Crippen LogP contribution in [-0.2, 0) is 11.3 Å². The van der Waals surface area contributed by atoms with Crippen molar-refractivity contribution in [1.82, 2.24) is 14.7 Å². The van der Waals surface area contributed by atoms with Gasteiger partial charge in [0.2, 0.25) is 0 Å². The van der Waals surface area contributed by atoms with Crippen LogP contribution in [0.1, 0.15) is 22.8 Å². The first-order valence-electron chi connectivity index (χ1n) is 9.59. The number of benzene rings is 2. The van der Waals surface area contributed by atoms with Gasteiger partial charge in [0.15, 0.2) is 5.82 Å². The van der Waals surface area contributed by atoms with Gasteiger partial charge in [0.25, 0.3) is 0 Å². The molecule has 1 saturated heterocycles. The molecule has 1 N–H and O–H groups in total. The smallest absolute Gasteiger partial charge is 0.323 e. The summed E-state index contributed by atoms with van der Waals surface area (Å²) in [6.45, 7) is 4.12. The van der Waals surface area contributed by atoms with E-state index in [1.807, 2.05) is 60.3 Å². The minimum absolute atomic E-state index is 0.163.